The van der Waals surface area contributed by atoms with Gasteiger partial charge >= 0.3 is 0 Å². The minimum atomic E-state index is -0.923. The van der Waals surface area contributed by atoms with Crippen molar-refractivity contribution in [2.75, 3.05) is 13.1 Å². The zero-order valence-corrected chi connectivity index (χ0v) is 8.95. The first-order chi connectivity index (χ1) is 7.20. The molecule has 0 radical (unpaired) electrons. The Morgan fingerprint density at radius 3 is 2.53 bits per heavy atom. The van der Waals surface area contributed by atoms with Crippen molar-refractivity contribution in [3.8, 4) is 0 Å². The van der Waals surface area contributed by atoms with E-state index in [4.69, 9.17) is 11.6 Å². The lowest BCUT2D eigenvalue weighted by Gasteiger charge is -2.23. The Labute approximate surface area is 92.4 Å². The van der Waals surface area contributed by atoms with Gasteiger partial charge in [-0.3, -0.25) is 0 Å². The van der Waals surface area contributed by atoms with Gasteiger partial charge in [-0.05, 0) is 43.5 Å². The van der Waals surface area contributed by atoms with Crippen LogP contribution in [-0.4, -0.2) is 13.1 Å². The van der Waals surface area contributed by atoms with Gasteiger partial charge in [-0.25, -0.2) is 8.78 Å². The Balaban J connectivity index is 2.31. The van der Waals surface area contributed by atoms with E-state index in [1.165, 1.54) is 0 Å². The summed E-state index contributed by atoms with van der Waals surface area (Å²) in [6.07, 6.45) is 1.84. The van der Waals surface area contributed by atoms with Crippen LogP contribution in [0.3, 0.4) is 0 Å². The third kappa shape index (κ3) is 2.13. The summed E-state index contributed by atoms with van der Waals surface area (Å²) in [4.78, 5) is 0. The molecule has 0 atom stereocenters. The number of hydrogen-bond donors (Lipinski definition) is 1. The molecule has 2 rings (SSSR count). The minimum absolute atomic E-state index is 0.0538. The van der Waals surface area contributed by atoms with Crippen molar-refractivity contribution in [3.63, 3.8) is 0 Å². The van der Waals surface area contributed by atoms with Gasteiger partial charge < -0.3 is 5.32 Å². The van der Waals surface area contributed by atoms with Gasteiger partial charge in [0.05, 0.1) is 5.02 Å². The number of halogens is 3. The normalized spacial score (nSPS) is 18.1. The summed E-state index contributed by atoms with van der Waals surface area (Å²) < 4.78 is 26.1. The molecule has 1 heterocycles. The molecule has 0 aliphatic carbocycles. The predicted octanol–water partition coefficient (Wildman–Crippen LogP) is 3.09. The highest BCUT2D eigenvalue weighted by atomic mass is 35.5. The van der Waals surface area contributed by atoms with Crippen molar-refractivity contribution < 1.29 is 8.78 Å². The zero-order chi connectivity index (χ0) is 10.8. The lowest BCUT2D eigenvalue weighted by molar-refractivity contribution is 0.454. The molecular weight excluding hydrogens is 220 g/mol. The van der Waals surface area contributed by atoms with Gasteiger partial charge in [-0.2, -0.15) is 0 Å². The number of nitrogens with one attached hydrogen (secondary N) is 1. The highest BCUT2D eigenvalue weighted by molar-refractivity contribution is 6.31. The summed E-state index contributed by atoms with van der Waals surface area (Å²) in [6.45, 7) is 1.81. The molecule has 0 bridgehead atoms. The fourth-order valence-electron chi connectivity index (χ4n) is 1.99. The first-order valence-corrected chi connectivity index (χ1v) is 5.42. The van der Waals surface area contributed by atoms with Gasteiger partial charge in [0.1, 0.15) is 0 Å². The molecule has 15 heavy (non-hydrogen) atoms. The standard InChI is InChI=1S/C11H12ClF2N/c12-10-8(1-2-9(13)11(10)14)7-3-5-15-6-4-7/h1-2,7,15H,3-6H2. The molecule has 0 aromatic heterocycles. The van der Waals surface area contributed by atoms with Crippen LogP contribution in [0.5, 0.6) is 0 Å². The quantitative estimate of drug-likeness (QED) is 0.733. The van der Waals surface area contributed by atoms with E-state index in [-0.39, 0.29) is 10.9 Å². The lowest BCUT2D eigenvalue weighted by Crippen LogP contribution is -2.26. The van der Waals surface area contributed by atoms with Crippen LogP contribution in [0.2, 0.25) is 5.02 Å². The van der Waals surface area contributed by atoms with Gasteiger partial charge in [0.15, 0.2) is 11.6 Å². The number of benzene rings is 1. The van der Waals surface area contributed by atoms with E-state index < -0.39 is 11.6 Å². The molecule has 0 unspecified atom stereocenters. The second-order valence-electron chi connectivity index (χ2n) is 3.79. The molecule has 4 heteroatoms. The summed E-state index contributed by atoms with van der Waals surface area (Å²) in [6, 6.07) is 2.75. The summed E-state index contributed by atoms with van der Waals surface area (Å²) in [5, 5.41) is 3.17. The van der Waals surface area contributed by atoms with E-state index in [1.807, 2.05) is 0 Å². The first kappa shape index (κ1) is 10.8. The van der Waals surface area contributed by atoms with Crippen LogP contribution in [0.25, 0.3) is 0 Å². The largest absolute Gasteiger partial charge is 0.317 e. The van der Waals surface area contributed by atoms with Crippen molar-refractivity contribution in [3.05, 3.63) is 34.4 Å². The summed E-state index contributed by atoms with van der Waals surface area (Å²) >= 11 is 5.80. The Morgan fingerprint density at radius 2 is 1.87 bits per heavy atom. The minimum Gasteiger partial charge on any atom is -0.317 e. The lowest BCUT2D eigenvalue weighted by atomic mass is 9.90. The van der Waals surface area contributed by atoms with E-state index in [0.29, 0.717) is 0 Å². The Bertz CT molecular complexity index is 362. The van der Waals surface area contributed by atoms with Crippen molar-refractivity contribution >= 4 is 11.6 Å². The SMILES string of the molecule is Fc1ccc(C2CCNCC2)c(Cl)c1F. The molecule has 0 spiro atoms. The highest BCUT2D eigenvalue weighted by Gasteiger charge is 2.20. The summed E-state index contributed by atoms with van der Waals surface area (Å²) in [5.74, 6) is -1.56. The maximum Gasteiger partial charge on any atom is 0.177 e. The molecule has 1 aromatic carbocycles. The van der Waals surface area contributed by atoms with Gasteiger partial charge in [0.25, 0.3) is 0 Å². The Hall–Kier alpha value is -0.670. The summed E-state index contributed by atoms with van der Waals surface area (Å²) in [5.41, 5.74) is 0.733. The molecule has 1 aliphatic heterocycles. The number of rotatable bonds is 1. The number of piperidine rings is 1. The maximum absolute atomic E-state index is 13.2. The van der Waals surface area contributed by atoms with Gasteiger partial charge in [0.2, 0.25) is 0 Å². The van der Waals surface area contributed by atoms with Crippen LogP contribution in [0.15, 0.2) is 12.1 Å². The average Bonchev–Trinajstić information content (AvgIpc) is 2.27. The third-order valence-corrected chi connectivity index (χ3v) is 3.23. The fourth-order valence-corrected chi connectivity index (χ4v) is 2.30. The van der Waals surface area contributed by atoms with E-state index in [0.717, 1.165) is 37.6 Å². The topological polar surface area (TPSA) is 12.0 Å². The monoisotopic (exact) mass is 231 g/mol. The second kappa shape index (κ2) is 4.45. The molecule has 1 saturated heterocycles. The van der Waals surface area contributed by atoms with Crippen molar-refractivity contribution in [1.82, 2.24) is 5.32 Å². The Morgan fingerprint density at radius 1 is 1.20 bits per heavy atom. The van der Waals surface area contributed by atoms with E-state index >= 15 is 0 Å². The van der Waals surface area contributed by atoms with Crippen LogP contribution < -0.4 is 5.32 Å². The smallest absolute Gasteiger partial charge is 0.177 e. The molecular formula is C11H12ClF2N. The Kier molecular flexibility index (Phi) is 3.22. The molecule has 1 fully saturated rings. The van der Waals surface area contributed by atoms with Gasteiger partial charge in [-0.1, -0.05) is 17.7 Å². The molecule has 1 aromatic rings. The van der Waals surface area contributed by atoms with Crippen LogP contribution in [0.1, 0.15) is 24.3 Å². The molecule has 1 aliphatic rings. The van der Waals surface area contributed by atoms with Crippen molar-refractivity contribution in [1.29, 1.82) is 0 Å². The van der Waals surface area contributed by atoms with Crippen molar-refractivity contribution in [2.45, 2.75) is 18.8 Å². The van der Waals surface area contributed by atoms with Crippen LogP contribution >= 0.6 is 11.6 Å². The zero-order valence-electron chi connectivity index (χ0n) is 8.19. The van der Waals surface area contributed by atoms with E-state index in [1.54, 1.807) is 6.07 Å². The van der Waals surface area contributed by atoms with Gasteiger partial charge in [0, 0.05) is 0 Å². The molecule has 82 valence electrons. The maximum atomic E-state index is 13.2. The first-order valence-electron chi connectivity index (χ1n) is 5.04. The average molecular weight is 232 g/mol. The molecule has 1 nitrogen and oxygen atoms in total. The van der Waals surface area contributed by atoms with E-state index in [9.17, 15) is 8.78 Å². The van der Waals surface area contributed by atoms with Gasteiger partial charge in [-0.15, -0.1) is 0 Å². The molecule has 0 saturated carbocycles. The number of hydrogen-bond acceptors (Lipinski definition) is 1. The van der Waals surface area contributed by atoms with Crippen molar-refractivity contribution in [2.24, 2.45) is 0 Å². The summed E-state index contributed by atoms with van der Waals surface area (Å²) in [7, 11) is 0. The third-order valence-electron chi connectivity index (χ3n) is 2.84. The van der Waals surface area contributed by atoms with Crippen LogP contribution in [-0.2, 0) is 0 Å². The highest BCUT2D eigenvalue weighted by Crippen LogP contribution is 2.33. The van der Waals surface area contributed by atoms with Crippen LogP contribution in [0.4, 0.5) is 8.78 Å². The predicted molar refractivity (Wildman–Crippen MR) is 56.2 cm³/mol. The fraction of sp³-hybridized carbons (Fsp3) is 0.455. The molecule has 0 amide bonds. The van der Waals surface area contributed by atoms with Crippen LogP contribution in [0, 0.1) is 11.6 Å². The van der Waals surface area contributed by atoms with E-state index in [2.05, 4.69) is 5.32 Å². The second-order valence-corrected chi connectivity index (χ2v) is 4.17. The molecule has 1 N–H and O–H groups in total.